The smallest absolute Gasteiger partial charge is 0.229 e. The molecule has 0 bridgehead atoms. The van der Waals surface area contributed by atoms with E-state index < -0.39 is 16.1 Å². The van der Waals surface area contributed by atoms with Crippen molar-refractivity contribution in [3.8, 4) is 5.75 Å². The van der Waals surface area contributed by atoms with Gasteiger partial charge in [0.2, 0.25) is 10.0 Å². The van der Waals surface area contributed by atoms with Crippen LogP contribution in [0.4, 0.5) is 5.69 Å². The summed E-state index contributed by atoms with van der Waals surface area (Å²) >= 11 is 0. The van der Waals surface area contributed by atoms with Gasteiger partial charge in [0.1, 0.15) is 5.75 Å². The number of phenols is 1. The van der Waals surface area contributed by atoms with Crippen LogP contribution in [-0.4, -0.2) is 49.2 Å². The Morgan fingerprint density at radius 1 is 1.35 bits per heavy atom. The van der Waals surface area contributed by atoms with Crippen LogP contribution in [0.25, 0.3) is 0 Å². The molecule has 0 heterocycles. The lowest BCUT2D eigenvalue weighted by atomic mass is 10.1. The molecule has 1 aromatic carbocycles. The number of rotatable bonds is 7. The molecular formula is C12H20N2O5S. The lowest BCUT2D eigenvalue weighted by Crippen LogP contribution is -2.32. The van der Waals surface area contributed by atoms with Crippen LogP contribution in [0.2, 0.25) is 0 Å². The van der Waals surface area contributed by atoms with Crippen LogP contribution in [0.15, 0.2) is 18.2 Å². The van der Waals surface area contributed by atoms with Crippen molar-refractivity contribution in [1.29, 1.82) is 0 Å². The number of sulfonamides is 1. The molecule has 0 radical (unpaired) electrons. The SMILES string of the molecule is CC(CO)NCC(O)c1ccc(O)c(NS(C)(=O)=O)c1. The highest BCUT2D eigenvalue weighted by Crippen LogP contribution is 2.27. The van der Waals surface area contributed by atoms with Crippen molar-refractivity contribution in [2.24, 2.45) is 0 Å². The van der Waals surface area contributed by atoms with Gasteiger partial charge in [-0.25, -0.2) is 8.42 Å². The van der Waals surface area contributed by atoms with Gasteiger partial charge in [0.05, 0.1) is 24.7 Å². The molecule has 2 unspecified atom stereocenters. The second-order valence-corrected chi connectivity index (χ2v) is 6.41. The summed E-state index contributed by atoms with van der Waals surface area (Å²) < 4.78 is 24.5. The Labute approximate surface area is 118 Å². The molecule has 0 aliphatic rings. The first-order valence-electron chi connectivity index (χ1n) is 6.06. The van der Waals surface area contributed by atoms with Crippen molar-refractivity contribution in [3.05, 3.63) is 23.8 Å². The van der Waals surface area contributed by atoms with Crippen molar-refractivity contribution in [3.63, 3.8) is 0 Å². The molecule has 0 aliphatic heterocycles. The predicted molar refractivity (Wildman–Crippen MR) is 76.1 cm³/mol. The number of aromatic hydroxyl groups is 1. The van der Waals surface area contributed by atoms with Gasteiger partial charge in [-0.15, -0.1) is 0 Å². The number of benzene rings is 1. The molecule has 114 valence electrons. The highest BCUT2D eigenvalue weighted by Gasteiger charge is 2.13. The van der Waals surface area contributed by atoms with Gasteiger partial charge in [0.15, 0.2) is 0 Å². The number of phenolic OH excluding ortho intramolecular Hbond substituents is 1. The molecule has 2 atom stereocenters. The van der Waals surface area contributed by atoms with E-state index in [1.807, 2.05) is 0 Å². The fraction of sp³-hybridized carbons (Fsp3) is 0.500. The molecule has 1 aromatic rings. The van der Waals surface area contributed by atoms with Crippen LogP contribution in [0.1, 0.15) is 18.6 Å². The van der Waals surface area contributed by atoms with Gasteiger partial charge >= 0.3 is 0 Å². The van der Waals surface area contributed by atoms with Crippen molar-refractivity contribution >= 4 is 15.7 Å². The zero-order valence-corrected chi connectivity index (χ0v) is 12.2. The molecule has 20 heavy (non-hydrogen) atoms. The Bertz CT molecular complexity index is 547. The van der Waals surface area contributed by atoms with Crippen LogP contribution < -0.4 is 10.0 Å². The van der Waals surface area contributed by atoms with Crippen LogP contribution in [-0.2, 0) is 10.0 Å². The Morgan fingerprint density at radius 2 is 2.00 bits per heavy atom. The summed E-state index contributed by atoms with van der Waals surface area (Å²) in [5, 5.41) is 31.3. The lowest BCUT2D eigenvalue weighted by molar-refractivity contribution is 0.161. The third-order valence-corrected chi connectivity index (χ3v) is 3.22. The van der Waals surface area contributed by atoms with Crippen LogP contribution in [0.5, 0.6) is 5.75 Å². The molecule has 0 saturated carbocycles. The number of hydrogen-bond acceptors (Lipinski definition) is 6. The van der Waals surface area contributed by atoms with Crippen LogP contribution in [0, 0.1) is 0 Å². The van der Waals surface area contributed by atoms with Gasteiger partial charge in [-0.3, -0.25) is 4.72 Å². The van der Waals surface area contributed by atoms with Crippen LogP contribution >= 0.6 is 0 Å². The summed E-state index contributed by atoms with van der Waals surface area (Å²) in [4.78, 5) is 0. The van der Waals surface area contributed by atoms with E-state index in [9.17, 15) is 18.6 Å². The molecule has 0 aliphatic carbocycles. The fourth-order valence-corrected chi connectivity index (χ4v) is 2.10. The molecule has 5 N–H and O–H groups in total. The normalized spacial score (nSPS) is 14.8. The average Bonchev–Trinajstić information content (AvgIpc) is 2.36. The van der Waals surface area contributed by atoms with Gasteiger partial charge in [-0.1, -0.05) is 6.07 Å². The number of aliphatic hydroxyl groups is 2. The number of anilines is 1. The fourth-order valence-electron chi connectivity index (χ4n) is 1.54. The summed E-state index contributed by atoms with van der Waals surface area (Å²) in [5.74, 6) is -0.219. The van der Waals surface area contributed by atoms with E-state index in [2.05, 4.69) is 10.0 Å². The first kappa shape index (κ1) is 16.7. The first-order chi connectivity index (χ1) is 9.23. The third-order valence-electron chi connectivity index (χ3n) is 2.63. The van der Waals surface area contributed by atoms with Gasteiger partial charge in [-0.05, 0) is 24.6 Å². The van der Waals surface area contributed by atoms with Gasteiger partial charge < -0.3 is 20.6 Å². The standard InChI is InChI=1S/C12H20N2O5S/c1-8(7-15)13-6-12(17)9-3-4-11(16)10(5-9)14-20(2,18)19/h3-5,8,12-17H,6-7H2,1-2H3. The molecule has 0 amide bonds. The lowest BCUT2D eigenvalue weighted by Gasteiger charge is -2.17. The number of nitrogens with one attached hydrogen (secondary N) is 2. The molecule has 0 fully saturated rings. The quantitative estimate of drug-likeness (QED) is 0.444. The Balaban J connectivity index is 2.83. The monoisotopic (exact) mass is 304 g/mol. The Kier molecular flexibility index (Phi) is 5.75. The minimum absolute atomic E-state index is 0.0132. The van der Waals surface area contributed by atoms with Crippen LogP contribution in [0.3, 0.4) is 0 Å². The molecule has 0 aromatic heterocycles. The summed E-state index contributed by atoms with van der Waals surface area (Å²) in [5.41, 5.74) is 0.464. The average molecular weight is 304 g/mol. The highest BCUT2D eigenvalue weighted by atomic mass is 32.2. The highest BCUT2D eigenvalue weighted by molar-refractivity contribution is 7.92. The first-order valence-corrected chi connectivity index (χ1v) is 7.95. The number of aliphatic hydroxyl groups excluding tert-OH is 2. The summed E-state index contributed by atoms with van der Waals surface area (Å²) in [6.45, 7) is 1.91. The summed E-state index contributed by atoms with van der Waals surface area (Å²) in [7, 11) is -3.51. The van der Waals surface area contributed by atoms with E-state index in [4.69, 9.17) is 5.11 Å². The molecule has 0 saturated heterocycles. The van der Waals surface area contributed by atoms with Crippen molar-refractivity contribution in [1.82, 2.24) is 5.32 Å². The Morgan fingerprint density at radius 3 is 2.55 bits per heavy atom. The van der Waals surface area contributed by atoms with Gasteiger partial charge in [0.25, 0.3) is 0 Å². The maximum absolute atomic E-state index is 11.2. The maximum Gasteiger partial charge on any atom is 0.229 e. The van der Waals surface area contributed by atoms with E-state index >= 15 is 0 Å². The predicted octanol–water partition coefficient (Wildman–Crippen LogP) is -0.232. The second kappa shape index (κ2) is 6.89. The molecule has 0 spiro atoms. The molecular weight excluding hydrogens is 284 g/mol. The van der Waals surface area contributed by atoms with E-state index in [1.165, 1.54) is 18.2 Å². The maximum atomic E-state index is 11.2. The van der Waals surface area contributed by atoms with E-state index in [0.29, 0.717) is 5.56 Å². The topological polar surface area (TPSA) is 119 Å². The summed E-state index contributed by atoms with van der Waals surface area (Å²) in [6, 6.07) is 4.02. The van der Waals surface area contributed by atoms with Gasteiger partial charge in [-0.2, -0.15) is 0 Å². The molecule has 8 heteroatoms. The minimum atomic E-state index is -3.51. The van der Waals surface area contributed by atoms with E-state index in [0.717, 1.165) is 6.26 Å². The Hall–Kier alpha value is -1.35. The summed E-state index contributed by atoms with van der Waals surface area (Å²) in [6.07, 6.45) is 0.0877. The minimum Gasteiger partial charge on any atom is -0.506 e. The molecule has 1 rings (SSSR count). The van der Waals surface area contributed by atoms with E-state index in [-0.39, 0.29) is 30.6 Å². The van der Waals surface area contributed by atoms with E-state index in [1.54, 1.807) is 6.92 Å². The van der Waals surface area contributed by atoms with Gasteiger partial charge in [0, 0.05) is 12.6 Å². The largest absolute Gasteiger partial charge is 0.506 e. The van der Waals surface area contributed by atoms with Crippen molar-refractivity contribution in [2.45, 2.75) is 19.1 Å². The molecule has 7 nitrogen and oxygen atoms in total. The van der Waals surface area contributed by atoms with Crippen molar-refractivity contribution < 1.29 is 23.7 Å². The van der Waals surface area contributed by atoms with Crippen molar-refractivity contribution in [2.75, 3.05) is 24.1 Å². The zero-order chi connectivity index (χ0) is 15.3. The third kappa shape index (κ3) is 5.33. The number of hydrogen-bond donors (Lipinski definition) is 5. The second-order valence-electron chi connectivity index (χ2n) is 4.66. The zero-order valence-electron chi connectivity index (χ0n) is 11.4.